The van der Waals surface area contributed by atoms with Gasteiger partial charge >= 0.3 is 0 Å². The highest BCUT2D eigenvalue weighted by Crippen LogP contribution is 2.21. The summed E-state index contributed by atoms with van der Waals surface area (Å²) in [6, 6.07) is 4.55. The number of nitrogens with zero attached hydrogens (tertiary/aromatic N) is 1. The molecule has 2 aliphatic heterocycles. The predicted molar refractivity (Wildman–Crippen MR) is 100.0 cm³/mol. The molecular weight excluding hydrogens is 373 g/mol. The van der Waals surface area contributed by atoms with Gasteiger partial charge in [0.05, 0.1) is 25.0 Å². The molecule has 0 saturated carbocycles. The van der Waals surface area contributed by atoms with Gasteiger partial charge in [0, 0.05) is 43.3 Å². The number of halogens is 2. The first-order valence-electron chi connectivity index (χ1n) is 9.34. The average Bonchev–Trinajstić information content (AvgIpc) is 2.70. The molecule has 2 heterocycles. The topological polar surface area (TPSA) is 70.7 Å². The van der Waals surface area contributed by atoms with E-state index in [-0.39, 0.29) is 29.5 Å². The van der Waals surface area contributed by atoms with E-state index in [2.05, 4.69) is 10.6 Å². The Morgan fingerprint density at radius 3 is 2.74 bits per heavy atom. The molecule has 0 aromatic heterocycles. The fourth-order valence-corrected chi connectivity index (χ4v) is 3.86. The predicted octanol–water partition coefficient (Wildman–Crippen LogP) is 1.22. The zero-order valence-electron chi connectivity index (χ0n) is 15.2. The maximum atomic E-state index is 13.8. The van der Waals surface area contributed by atoms with Crippen LogP contribution in [0.4, 0.5) is 4.39 Å². The van der Waals surface area contributed by atoms with Gasteiger partial charge in [-0.3, -0.25) is 9.59 Å². The van der Waals surface area contributed by atoms with Crippen LogP contribution in [0.1, 0.15) is 12.0 Å². The SMILES string of the molecule is O=C(NCCc1c(F)cccc1Cl)C1CNCC(C(=O)N2CCOCC2)C1. The lowest BCUT2D eigenvalue weighted by molar-refractivity contribution is -0.141. The first-order chi connectivity index (χ1) is 13.1. The Balaban J connectivity index is 1.48. The zero-order valence-corrected chi connectivity index (χ0v) is 15.9. The van der Waals surface area contributed by atoms with E-state index in [1.807, 2.05) is 4.90 Å². The number of carbonyl (C=O) groups excluding carboxylic acids is 2. The van der Waals surface area contributed by atoms with Crippen LogP contribution >= 0.6 is 11.6 Å². The van der Waals surface area contributed by atoms with Gasteiger partial charge in [-0.15, -0.1) is 0 Å². The fraction of sp³-hybridized carbons (Fsp3) is 0.579. The Bertz CT molecular complexity index is 662. The van der Waals surface area contributed by atoms with E-state index >= 15 is 0 Å². The minimum absolute atomic E-state index is 0.0847. The van der Waals surface area contributed by atoms with E-state index in [4.69, 9.17) is 16.3 Å². The highest BCUT2D eigenvalue weighted by atomic mass is 35.5. The Morgan fingerprint density at radius 1 is 1.26 bits per heavy atom. The quantitative estimate of drug-likeness (QED) is 0.783. The maximum Gasteiger partial charge on any atom is 0.227 e. The second-order valence-corrected chi connectivity index (χ2v) is 7.37. The van der Waals surface area contributed by atoms with Crippen LogP contribution in [0.2, 0.25) is 5.02 Å². The highest BCUT2D eigenvalue weighted by Gasteiger charge is 2.33. The lowest BCUT2D eigenvalue weighted by Gasteiger charge is -2.34. The normalized spacial score (nSPS) is 23.1. The summed E-state index contributed by atoms with van der Waals surface area (Å²) in [5.41, 5.74) is 0.404. The Labute approximate surface area is 163 Å². The Morgan fingerprint density at radius 2 is 2.00 bits per heavy atom. The van der Waals surface area contributed by atoms with Crippen LogP contribution in [0, 0.1) is 17.7 Å². The molecule has 8 heteroatoms. The zero-order chi connectivity index (χ0) is 19.2. The van der Waals surface area contributed by atoms with Crippen LogP contribution in [0.15, 0.2) is 18.2 Å². The molecule has 0 aliphatic carbocycles. The van der Waals surface area contributed by atoms with Crippen LogP contribution in [0.5, 0.6) is 0 Å². The number of hydrogen-bond acceptors (Lipinski definition) is 4. The summed E-state index contributed by atoms with van der Waals surface area (Å²) in [5, 5.41) is 6.40. The number of morpholine rings is 1. The molecule has 1 aromatic carbocycles. The van der Waals surface area contributed by atoms with Crippen LogP contribution in [0.3, 0.4) is 0 Å². The second-order valence-electron chi connectivity index (χ2n) is 6.97. The van der Waals surface area contributed by atoms with E-state index in [0.717, 1.165) is 0 Å². The number of hydrogen-bond donors (Lipinski definition) is 2. The first kappa shape index (κ1) is 20.0. The minimum Gasteiger partial charge on any atom is -0.378 e. The van der Waals surface area contributed by atoms with Gasteiger partial charge in [0.25, 0.3) is 0 Å². The molecule has 2 aliphatic rings. The van der Waals surface area contributed by atoms with Crippen molar-refractivity contribution in [2.45, 2.75) is 12.8 Å². The number of benzene rings is 1. The van der Waals surface area contributed by atoms with Crippen LogP contribution < -0.4 is 10.6 Å². The number of amides is 2. The van der Waals surface area contributed by atoms with Gasteiger partial charge in [0.2, 0.25) is 11.8 Å². The standard InChI is InChI=1S/C19H25ClFN3O3/c20-16-2-1-3-17(21)15(16)4-5-23-18(25)13-10-14(12-22-11-13)19(26)24-6-8-27-9-7-24/h1-3,13-14,22H,4-12H2,(H,23,25). The summed E-state index contributed by atoms with van der Waals surface area (Å²) in [6.07, 6.45) is 0.850. The number of rotatable bonds is 5. The minimum atomic E-state index is -0.368. The van der Waals surface area contributed by atoms with Crippen molar-refractivity contribution in [3.8, 4) is 0 Å². The molecule has 0 spiro atoms. The van der Waals surface area contributed by atoms with Gasteiger partial charge in [-0.2, -0.15) is 0 Å². The average molecular weight is 398 g/mol. The van der Waals surface area contributed by atoms with Gasteiger partial charge < -0.3 is 20.3 Å². The molecule has 2 fully saturated rings. The van der Waals surface area contributed by atoms with Crippen molar-refractivity contribution in [2.24, 2.45) is 11.8 Å². The van der Waals surface area contributed by atoms with Gasteiger partial charge in [0.1, 0.15) is 5.82 Å². The van der Waals surface area contributed by atoms with Crippen LogP contribution in [0.25, 0.3) is 0 Å². The molecule has 6 nitrogen and oxygen atoms in total. The van der Waals surface area contributed by atoms with Gasteiger partial charge in [-0.05, 0) is 25.0 Å². The third-order valence-electron chi connectivity index (χ3n) is 5.13. The number of carbonyl (C=O) groups is 2. The Kier molecular flexibility index (Phi) is 7.04. The molecule has 148 valence electrons. The fourth-order valence-electron chi connectivity index (χ4n) is 3.60. The summed E-state index contributed by atoms with van der Waals surface area (Å²) in [7, 11) is 0. The van der Waals surface area contributed by atoms with Crippen LogP contribution in [-0.4, -0.2) is 62.7 Å². The molecule has 2 amide bonds. The van der Waals surface area contributed by atoms with Gasteiger partial charge in [-0.1, -0.05) is 17.7 Å². The number of piperidine rings is 1. The number of ether oxygens (including phenoxy) is 1. The molecule has 0 bridgehead atoms. The van der Waals surface area contributed by atoms with Crippen molar-refractivity contribution in [3.63, 3.8) is 0 Å². The third kappa shape index (κ3) is 5.18. The summed E-state index contributed by atoms with van der Waals surface area (Å²) in [5.74, 6) is -0.874. The van der Waals surface area contributed by atoms with Crippen molar-refractivity contribution in [2.75, 3.05) is 45.9 Å². The molecule has 2 atom stereocenters. The summed E-state index contributed by atoms with van der Waals surface area (Å²) >= 11 is 6.01. The molecule has 1 aromatic rings. The molecule has 2 saturated heterocycles. The van der Waals surface area contributed by atoms with Crippen molar-refractivity contribution in [3.05, 3.63) is 34.6 Å². The monoisotopic (exact) mass is 397 g/mol. The smallest absolute Gasteiger partial charge is 0.227 e. The summed E-state index contributed by atoms with van der Waals surface area (Å²) in [4.78, 5) is 26.9. The van der Waals surface area contributed by atoms with Gasteiger partial charge in [-0.25, -0.2) is 4.39 Å². The lowest BCUT2D eigenvalue weighted by atomic mass is 9.88. The first-order valence-corrected chi connectivity index (χ1v) is 9.72. The van der Waals surface area contributed by atoms with E-state index in [1.54, 1.807) is 12.1 Å². The van der Waals surface area contributed by atoms with E-state index in [9.17, 15) is 14.0 Å². The summed E-state index contributed by atoms with van der Waals surface area (Å²) < 4.78 is 19.1. The lowest BCUT2D eigenvalue weighted by Crippen LogP contribution is -2.51. The van der Waals surface area contributed by atoms with E-state index < -0.39 is 0 Å². The molecule has 2 N–H and O–H groups in total. The molecule has 0 radical (unpaired) electrons. The maximum absolute atomic E-state index is 13.8. The molecule has 2 unspecified atom stereocenters. The Hall–Kier alpha value is -1.70. The van der Waals surface area contributed by atoms with Gasteiger partial charge in [0.15, 0.2) is 0 Å². The van der Waals surface area contributed by atoms with E-state index in [0.29, 0.717) is 69.4 Å². The van der Waals surface area contributed by atoms with Crippen molar-refractivity contribution < 1.29 is 18.7 Å². The number of nitrogens with one attached hydrogen (secondary N) is 2. The van der Waals surface area contributed by atoms with Crippen molar-refractivity contribution in [1.82, 2.24) is 15.5 Å². The second kappa shape index (κ2) is 9.48. The van der Waals surface area contributed by atoms with Crippen molar-refractivity contribution in [1.29, 1.82) is 0 Å². The van der Waals surface area contributed by atoms with Crippen molar-refractivity contribution >= 4 is 23.4 Å². The molecular formula is C19H25ClFN3O3. The summed E-state index contributed by atoms with van der Waals surface area (Å²) in [6.45, 7) is 3.77. The third-order valence-corrected chi connectivity index (χ3v) is 5.48. The largest absolute Gasteiger partial charge is 0.378 e. The molecule has 27 heavy (non-hydrogen) atoms. The van der Waals surface area contributed by atoms with E-state index in [1.165, 1.54) is 6.07 Å². The van der Waals surface area contributed by atoms with Crippen LogP contribution in [-0.2, 0) is 20.7 Å². The molecule has 3 rings (SSSR count). The highest BCUT2D eigenvalue weighted by molar-refractivity contribution is 6.31.